The molecule has 0 saturated carbocycles. The van der Waals surface area contributed by atoms with Crippen LogP contribution in [0.1, 0.15) is 39.2 Å². The predicted molar refractivity (Wildman–Crippen MR) is 112 cm³/mol. The molecule has 1 unspecified atom stereocenters. The van der Waals surface area contributed by atoms with Crippen LogP contribution in [-0.4, -0.2) is 55.9 Å². The van der Waals surface area contributed by atoms with Crippen molar-refractivity contribution in [1.29, 1.82) is 0 Å². The minimum atomic E-state index is -3.97. The number of carbonyl (C=O) groups is 1. The smallest absolute Gasteiger partial charge is 0.410 e. The quantitative estimate of drug-likeness (QED) is 0.674. The van der Waals surface area contributed by atoms with E-state index in [1.807, 2.05) is 27.7 Å². The number of carbonyl (C=O) groups excluding carboxylic acids is 1. The SMILES string of the molecule is C=CC1O/C(=N/S(=O)(=O)c2ccc(C)cc2)OC12CCN(C(=O)OC(C)(C)C)CC2. The van der Waals surface area contributed by atoms with Crippen LogP contribution in [0.25, 0.3) is 0 Å². The highest BCUT2D eigenvalue weighted by Gasteiger charge is 2.51. The van der Waals surface area contributed by atoms with Crippen LogP contribution in [0.3, 0.4) is 0 Å². The number of likely N-dealkylation sites (tertiary alicyclic amines) is 1. The topological polar surface area (TPSA) is 94.5 Å². The van der Waals surface area contributed by atoms with Crippen LogP contribution >= 0.6 is 0 Å². The van der Waals surface area contributed by atoms with Crippen LogP contribution in [0.5, 0.6) is 0 Å². The lowest BCUT2D eigenvalue weighted by Gasteiger charge is -2.39. The zero-order valence-electron chi connectivity index (χ0n) is 17.8. The first-order chi connectivity index (χ1) is 13.9. The van der Waals surface area contributed by atoms with Gasteiger partial charge in [0.25, 0.3) is 10.0 Å². The van der Waals surface area contributed by atoms with Crippen LogP contribution in [-0.2, 0) is 24.2 Å². The summed E-state index contributed by atoms with van der Waals surface area (Å²) in [6.45, 7) is 11.9. The summed E-state index contributed by atoms with van der Waals surface area (Å²) >= 11 is 0. The fourth-order valence-electron chi connectivity index (χ4n) is 3.42. The number of hydrogen-bond donors (Lipinski definition) is 0. The van der Waals surface area contributed by atoms with Crippen LogP contribution in [0.15, 0.2) is 46.2 Å². The molecule has 8 nitrogen and oxygen atoms in total. The number of sulfonamides is 1. The maximum Gasteiger partial charge on any atom is 0.410 e. The molecule has 1 atom stereocenters. The number of ether oxygens (including phenoxy) is 3. The maximum absolute atomic E-state index is 12.6. The summed E-state index contributed by atoms with van der Waals surface area (Å²) in [7, 11) is -3.97. The molecule has 30 heavy (non-hydrogen) atoms. The Hall–Kier alpha value is -2.55. The van der Waals surface area contributed by atoms with Crippen molar-refractivity contribution in [2.45, 2.75) is 62.7 Å². The summed E-state index contributed by atoms with van der Waals surface area (Å²) < 4.78 is 45.9. The van der Waals surface area contributed by atoms with E-state index in [9.17, 15) is 13.2 Å². The largest absolute Gasteiger partial charge is 0.444 e. The van der Waals surface area contributed by atoms with Crippen LogP contribution in [0, 0.1) is 6.92 Å². The molecule has 0 aromatic heterocycles. The second-order valence-corrected chi connectivity index (χ2v) is 10.2. The van der Waals surface area contributed by atoms with Gasteiger partial charge in [-0.3, -0.25) is 0 Å². The summed E-state index contributed by atoms with van der Waals surface area (Å²) in [5.41, 5.74) is -0.452. The summed E-state index contributed by atoms with van der Waals surface area (Å²) in [4.78, 5) is 14.0. The lowest BCUT2D eigenvalue weighted by atomic mass is 9.86. The number of rotatable bonds is 3. The Morgan fingerprint density at radius 2 is 1.87 bits per heavy atom. The van der Waals surface area contributed by atoms with Gasteiger partial charge < -0.3 is 19.1 Å². The van der Waals surface area contributed by atoms with Gasteiger partial charge in [0.05, 0.1) is 4.90 Å². The summed E-state index contributed by atoms with van der Waals surface area (Å²) in [6, 6.07) is 6.38. The summed E-state index contributed by atoms with van der Waals surface area (Å²) in [5.74, 6) is 0. The van der Waals surface area contributed by atoms with Crippen molar-refractivity contribution >= 4 is 22.2 Å². The predicted octanol–water partition coefficient (Wildman–Crippen LogP) is 3.41. The molecule has 0 bridgehead atoms. The third kappa shape index (κ3) is 4.77. The molecular weight excluding hydrogens is 408 g/mol. The van der Waals surface area contributed by atoms with Gasteiger partial charge in [0.2, 0.25) is 0 Å². The standard InChI is InChI=1S/C21H28N2O6S/c1-6-17-21(11-13-23(14-12-21)19(24)29-20(3,4)5)28-18(27-17)22-30(25,26)16-9-7-15(2)8-10-16/h6-10,17H,1,11-14H2,2-5H3/b22-18-. The molecule has 0 N–H and O–H groups in total. The zero-order valence-corrected chi connectivity index (χ0v) is 18.6. The van der Waals surface area contributed by atoms with E-state index in [-0.39, 0.29) is 17.1 Å². The van der Waals surface area contributed by atoms with Gasteiger partial charge in [0.15, 0.2) is 11.7 Å². The number of benzene rings is 1. The van der Waals surface area contributed by atoms with Crippen molar-refractivity contribution in [2.24, 2.45) is 4.40 Å². The molecule has 2 heterocycles. The average Bonchev–Trinajstić information content (AvgIpc) is 2.97. The second kappa shape index (κ2) is 7.94. The van der Waals surface area contributed by atoms with Crippen LogP contribution < -0.4 is 0 Å². The lowest BCUT2D eigenvalue weighted by molar-refractivity contribution is -0.0233. The molecule has 1 spiro atoms. The number of nitrogens with zero attached hydrogens (tertiary/aromatic N) is 2. The third-order valence-corrected chi connectivity index (χ3v) is 6.28. The number of hydrogen-bond acceptors (Lipinski definition) is 6. The molecular formula is C21H28N2O6S. The Balaban J connectivity index is 1.74. The van der Waals surface area contributed by atoms with Crippen molar-refractivity contribution in [2.75, 3.05) is 13.1 Å². The van der Waals surface area contributed by atoms with E-state index in [0.29, 0.717) is 25.9 Å². The zero-order chi connectivity index (χ0) is 22.2. The highest BCUT2D eigenvalue weighted by atomic mass is 32.2. The molecule has 9 heteroatoms. The van der Waals surface area contributed by atoms with Crippen molar-refractivity contribution < 1.29 is 27.4 Å². The molecule has 1 aromatic rings. The summed E-state index contributed by atoms with van der Waals surface area (Å²) in [6.07, 6.45) is 1.20. The number of piperidine rings is 1. The molecule has 2 aliphatic heterocycles. The minimum Gasteiger partial charge on any atom is -0.444 e. The van der Waals surface area contributed by atoms with E-state index in [1.165, 1.54) is 12.1 Å². The molecule has 1 amide bonds. The lowest BCUT2D eigenvalue weighted by Crippen LogP contribution is -2.51. The normalized spacial score (nSPS) is 22.5. The van der Waals surface area contributed by atoms with Gasteiger partial charge in [-0.25, -0.2) is 4.79 Å². The molecule has 0 aliphatic carbocycles. The molecule has 0 radical (unpaired) electrons. The van der Waals surface area contributed by atoms with E-state index in [1.54, 1.807) is 23.1 Å². The Morgan fingerprint density at radius 1 is 1.27 bits per heavy atom. The second-order valence-electron chi connectivity index (χ2n) is 8.55. The van der Waals surface area contributed by atoms with Crippen molar-refractivity contribution in [1.82, 2.24) is 4.90 Å². The Morgan fingerprint density at radius 3 is 2.40 bits per heavy atom. The fraction of sp³-hybridized carbons (Fsp3) is 0.524. The molecule has 3 rings (SSSR count). The van der Waals surface area contributed by atoms with Gasteiger partial charge in [0.1, 0.15) is 5.60 Å². The van der Waals surface area contributed by atoms with E-state index in [4.69, 9.17) is 14.2 Å². The fourth-order valence-corrected chi connectivity index (χ4v) is 4.28. The van der Waals surface area contributed by atoms with E-state index in [2.05, 4.69) is 11.0 Å². The molecule has 2 aliphatic rings. The maximum atomic E-state index is 12.6. The Bertz CT molecular complexity index is 939. The first-order valence-corrected chi connectivity index (χ1v) is 11.3. The Labute approximate surface area is 177 Å². The molecule has 1 aromatic carbocycles. The van der Waals surface area contributed by atoms with Crippen molar-refractivity contribution in [3.05, 3.63) is 42.5 Å². The van der Waals surface area contributed by atoms with Crippen LogP contribution in [0.4, 0.5) is 4.79 Å². The van der Waals surface area contributed by atoms with Gasteiger partial charge in [-0.15, -0.1) is 0 Å². The average molecular weight is 437 g/mol. The Kier molecular flexibility index (Phi) is 5.86. The van der Waals surface area contributed by atoms with E-state index >= 15 is 0 Å². The molecule has 2 saturated heterocycles. The van der Waals surface area contributed by atoms with Crippen LogP contribution in [0.2, 0.25) is 0 Å². The molecule has 2 fully saturated rings. The number of aryl methyl sites for hydroxylation is 1. The highest BCUT2D eigenvalue weighted by Crippen LogP contribution is 2.38. The third-order valence-electron chi connectivity index (χ3n) is 5.03. The monoisotopic (exact) mass is 436 g/mol. The van der Waals surface area contributed by atoms with E-state index in [0.717, 1.165) is 5.56 Å². The first-order valence-electron chi connectivity index (χ1n) is 9.82. The number of amides is 1. The highest BCUT2D eigenvalue weighted by molar-refractivity contribution is 7.90. The summed E-state index contributed by atoms with van der Waals surface area (Å²) in [5, 5.41) is 0. The minimum absolute atomic E-state index is 0.0589. The van der Waals surface area contributed by atoms with Crippen molar-refractivity contribution in [3.8, 4) is 0 Å². The molecule has 164 valence electrons. The van der Waals surface area contributed by atoms with Gasteiger partial charge in [-0.2, -0.15) is 8.42 Å². The first kappa shape index (κ1) is 22.1. The van der Waals surface area contributed by atoms with Gasteiger partial charge >= 0.3 is 12.2 Å². The van der Waals surface area contributed by atoms with Gasteiger partial charge in [0, 0.05) is 25.9 Å². The van der Waals surface area contributed by atoms with E-state index < -0.39 is 27.3 Å². The van der Waals surface area contributed by atoms with Crippen molar-refractivity contribution in [3.63, 3.8) is 0 Å². The van der Waals surface area contributed by atoms with Gasteiger partial charge in [-0.1, -0.05) is 28.7 Å². The van der Waals surface area contributed by atoms with Gasteiger partial charge in [-0.05, 0) is 45.9 Å².